The fourth-order valence-electron chi connectivity index (χ4n) is 6.76. The molecule has 5 atom stereocenters. The summed E-state index contributed by atoms with van der Waals surface area (Å²) in [6.45, 7) is 4.37. The van der Waals surface area contributed by atoms with Crippen molar-refractivity contribution in [3.63, 3.8) is 0 Å². The van der Waals surface area contributed by atoms with Gasteiger partial charge in [0.1, 0.15) is 5.78 Å². The minimum Gasteiger partial charge on any atom is -0.300 e. The second-order valence-corrected chi connectivity index (χ2v) is 8.79. The molecule has 0 spiro atoms. The average Bonchev–Trinajstić information content (AvgIpc) is 2.89. The first-order valence-corrected chi connectivity index (χ1v) is 9.44. The first-order valence-electron chi connectivity index (χ1n) is 9.44. The van der Waals surface area contributed by atoms with E-state index in [1.165, 1.54) is 51.4 Å². The lowest BCUT2D eigenvalue weighted by atomic mass is 9.46. The second-order valence-electron chi connectivity index (χ2n) is 8.79. The number of fused-ring (bicyclic) bond motifs is 5. The molecule has 3 fully saturated rings. The minimum atomic E-state index is 0.102. The van der Waals surface area contributed by atoms with Crippen molar-refractivity contribution in [3.05, 3.63) is 23.8 Å². The van der Waals surface area contributed by atoms with Crippen LogP contribution in [0.15, 0.2) is 23.8 Å². The van der Waals surface area contributed by atoms with Crippen LogP contribution in [-0.4, -0.2) is 5.78 Å². The fourth-order valence-corrected chi connectivity index (χ4v) is 6.76. The molecule has 0 aliphatic heterocycles. The Kier molecular flexibility index (Phi) is 3.40. The lowest BCUT2D eigenvalue weighted by Gasteiger charge is -2.58. The van der Waals surface area contributed by atoms with Crippen molar-refractivity contribution in [2.75, 3.05) is 0 Å². The predicted molar refractivity (Wildman–Crippen MR) is 90.5 cm³/mol. The lowest BCUT2D eigenvalue weighted by molar-refractivity contribution is -0.119. The van der Waals surface area contributed by atoms with E-state index in [4.69, 9.17) is 0 Å². The van der Waals surface area contributed by atoms with Crippen molar-refractivity contribution in [3.8, 4) is 0 Å². The molecule has 0 N–H and O–H groups in total. The van der Waals surface area contributed by atoms with E-state index in [2.05, 4.69) is 25.2 Å². The number of Topliss-reactive ketones (excluding diaryl/α,β-unsaturated/α-hetero) is 1. The average molecular weight is 298 g/mol. The summed E-state index contributed by atoms with van der Waals surface area (Å²) < 4.78 is 0. The number of rotatable bonds is 2. The number of hydrogen-bond donors (Lipinski definition) is 0. The highest BCUT2D eigenvalue weighted by Gasteiger charge is 2.55. The Balaban J connectivity index is 1.66. The number of ketones is 1. The van der Waals surface area contributed by atoms with Gasteiger partial charge in [-0.05, 0) is 68.6 Å². The van der Waals surface area contributed by atoms with E-state index in [0.717, 1.165) is 24.2 Å². The monoisotopic (exact) mass is 298 g/mol. The zero-order chi connectivity index (χ0) is 15.4. The van der Waals surface area contributed by atoms with Gasteiger partial charge in [-0.1, -0.05) is 43.6 Å². The van der Waals surface area contributed by atoms with Gasteiger partial charge in [0.05, 0.1) is 0 Å². The third kappa shape index (κ3) is 2.00. The third-order valence-electron chi connectivity index (χ3n) is 7.74. The first-order chi connectivity index (χ1) is 10.6. The summed E-state index contributed by atoms with van der Waals surface area (Å²) in [6.07, 6.45) is 18.9. The maximum Gasteiger partial charge on any atom is 0.131 e. The Morgan fingerprint density at radius 3 is 2.86 bits per heavy atom. The van der Waals surface area contributed by atoms with Crippen LogP contribution in [0.4, 0.5) is 0 Å². The highest BCUT2D eigenvalue weighted by Crippen LogP contribution is 2.64. The number of allylic oxidation sites excluding steroid dienone is 4. The Morgan fingerprint density at radius 2 is 2.05 bits per heavy atom. The molecule has 0 aromatic rings. The van der Waals surface area contributed by atoms with Crippen molar-refractivity contribution < 1.29 is 4.79 Å². The highest BCUT2D eigenvalue weighted by molar-refractivity contribution is 5.77. The van der Waals surface area contributed by atoms with Crippen LogP contribution in [0.2, 0.25) is 0 Å². The quantitative estimate of drug-likeness (QED) is 0.661. The Morgan fingerprint density at radius 1 is 1.18 bits per heavy atom. The minimum absolute atomic E-state index is 0.102. The van der Waals surface area contributed by atoms with E-state index in [0.29, 0.717) is 11.2 Å². The SMILES string of the molecule is CC(=O)C[C@@]12C=CC=C1[C@@H]1CCC3CCCC[C@]3(C)[C@H]1CC2. The fraction of sp³-hybridized carbons (Fsp3) is 0.762. The summed E-state index contributed by atoms with van der Waals surface area (Å²) in [5.41, 5.74) is 2.31. The molecular weight excluding hydrogens is 268 g/mol. The third-order valence-corrected chi connectivity index (χ3v) is 7.74. The van der Waals surface area contributed by atoms with Gasteiger partial charge >= 0.3 is 0 Å². The van der Waals surface area contributed by atoms with Gasteiger partial charge in [-0.3, -0.25) is 4.79 Å². The van der Waals surface area contributed by atoms with Crippen LogP contribution in [0.1, 0.15) is 71.6 Å². The zero-order valence-electron chi connectivity index (χ0n) is 14.2. The molecule has 4 rings (SSSR count). The lowest BCUT2D eigenvalue weighted by Crippen LogP contribution is -2.50. The van der Waals surface area contributed by atoms with E-state index >= 15 is 0 Å². The molecule has 120 valence electrons. The molecule has 0 bridgehead atoms. The smallest absolute Gasteiger partial charge is 0.131 e. The standard InChI is InChI=1S/C21H30O/c1-15(22)14-21-12-5-7-19(21)17-9-8-16-6-3-4-11-20(16,2)18(17)10-13-21/h5,7,12,16-18H,3-4,6,8-11,13-14H2,1-2H3/t16?,17-,18+,20+,21+/m1/s1. The molecule has 4 aliphatic rings. The summed E-state index contributed by atoms with van der Waals surface area (Å²) in [4.78, 5) is 11.8. The van der Waals surface area contributed by atoms with E-state index in [1.807, 2.05) is 0 Å². The first kappa shape index (κ1) is 14.7. The summed E-state index contributed by atoms with van der Waals surface area (Å²) >= 11 is 0. The Hall–Kier alpha value is -0.850. The van der Waals surface area contributed by atoms with Crippen molar-refractivity contribution >= 4 is 5.78 Å². The molecule has 1 nitrogen and oxygen atoms in total. The van der Waals surface area contributed by atoms with Gasteiger partial charge in [-0.2, -0.15) is 0 Å². The molecule has 0 aromatic heterocycles. The van der Waals surface area contributed by atoms with Crippen LogP contribution < -0.4 is 0 Å². The summed E-state index contributed by atoms with van der Waals surface area (Å²) in [7, 11) is 0. The number of carbonyl (C=O) groups is 1. The molecule has 22 heavy (non-hydrogen) atoms. The van der Waals surface area contributed by atoms with Gasteiger partial charge in [-0.15, -0.1) is 0 Å². The van der Waals surface area contributed by atoms with Crippen LogP contribution in [0, 0.1) is 28.6 Å². The van der Waals surface area contributed by atoms with Gasteiger partial charge in [0, 0.05) is 11.8 Å². The maximum absolute atomic E-state index is 11.8. The molecule has 3 saturated carbocycles. The molecule has 0 aromatic carbocycles. The Labute approximate surface area is 135 Å². The maximum atomic E-state index is 11.8. The molecular formula is C21H30O. The number of hydrogen-bond acceptors (Lipinski definition) is 1. The summed E-state index contributed by atoms with van der Waals surface area (Å²) in [6, 6.07) is 0. The van der Waals surface area contributed by atoms with Crippen molar-refractivity contribution in [1.82, 2.24) is 0 Å². The van der Waals surface area contributed by atoms with Crippen molar-refractivity contribution in [1.29, 1.82) is 0 Å². The van der Waals surface area contributed by atoms with Gasteiger partial charge in [0.15, 0.2) is 0 Å². The van der Waals surface area contributed by atoms with E-state index in [-0.39, 0.29) is 5.41 Å². The molecule has 1 heteroatoms. The Bertz CT molecular complexity index is 542. The summed E-state index contributed by atoms with van der Waals surface area (Å²) in [5.74, 6) is 2.95. The second kappa shape index (κ2) is 5.08. The van der Waals surface area contributed by atoms with Gasteiger partial charge < -0.3 is 0 Å². The van der Waals surface area contributed by atoms with Crippen LogP contribution in [0.3, 0.4) is 0 Å². The molecule has 0 radical (unpaired) electrons. The van der Waals surface area contributed by atoms with E-state index in [1.54, 1.807) is 12.5 Å². The van der Waals surface area contributed by atoms with E-state index in [9.17, 15) is 4.79 Å². The normalized spacial score (nSPS) is 46.5. The molecule has 4 aliphatic carbocycles. The van der Waals surface area contributed by atoms with Crippen LogP contribution >= 0.6 is 0 Å². The largest absolute Gasteiger partial charge is 0.300 e. The number of carbonyl (C=O) groups excluding carboxylic acids is 1. The molecule has 0 heterocycles. The molecule has 0 saturated heterocycles. The summed E-state index contributed by atoms with van der Waals surface area (Å²) in [5, 5.41) is 0. The van der Waals surface area contributed by atoms with Crippen LogP contribution in [-0.2, 0) is 4.79 Å². The van der Waals surface area contributed by atoms with Crippen LogP contribution in [0.5, 0.6) is 0 Å². The highest BCUT2D eigenvalue weighted by atomic mass is 16.1. The van der Waals surface area contributed by atoms with Gasteiger partial charge in [-0.25, -0.2) is 0 Å². The topological polar surface area (TPSA) is 17.1 Å². The van der Waals surface area contributed by atoms with Crippen LogP contribution in [0.25, 0.3) is 0 Å². The van der Waals surface area contributed by atoms with Crippen molar-refractivity contribution in [2.45, 2.75) is 71.6 Å². The molecule has 1 unspecified atom stereocenters. The zero-order valence-corrected chi connectivity index (χ0v) is 14.2. The van der Waals surface area contributed by atoms with Gasteiger partial charge in [0.25, 0.3) is 0 Å². The molecule has 0 amide bonds. The van der Waals surface area contributed by atoms with Crippen molar-refractivity contribution in [2.24, 2.45) is 28.6 Å². The predicted octanol–water partition coefficient (Wildman–Crippen LogP) is 5.46. The van der Waals surface area contributed by atoms with E-state index < -0.39 is 0 Å². The van der Waals surface area contributed by atoms with Gasteiger partial charge in [0.2, 0.25) is 0 Å².